The van der Waals surface area contributed by atoms with Gasteiger partial charge in [0.15, 0.2) is 5.76 Å². The summed E-state index contributed by atoms with van der Waals surface area (Å²) in [5.41, 5.74) is 2.32. The van der Waals surface area contributed by atoms with Crippen LogP contribution in [0.15, 0.2) is 81.2 Å². The maximum atomic E-state index is 13.4. The zero-order chi connectivity index (χ0) is 25.0. The molecule has 4 rings (SSSR count). The van der Waals surface area contributed by atoms with Crippen LogP contribution >= 0.6 is 0 Å². The first-order chi connectivity index (χ1) is 16.7. The minimum atomic E-state index is -3.72. The maximum Gasteiger partial charge on any atom is 0.290 e. The van der Waals surface area contributed by atoms with E-state index in [9.17, 15) is 13.2 Å². The summed E-state index contributed by atoms with van der Waals surface area (Å²) in [5, 5.41) is 0.00565. The van der Waals surface area contributed by atoms with E-state index < -0.39 is 9.84 Å². The van der Waals surface area contributed by atoms with Crippen LogP contribution in [0.1, 0.15) is 47.0 Å². The molecule has 8 nitrogen and oxygen atoms in total. The largest absolute Gasteiger partial charge is 0.467 e. The van der Waals surface area contributed by atoms with Gasteiger partial charge in [0, 0.05) is 6.54 Å². The number of imidazole rings is 1. The van der Waals surface area contributed by atoms with E-state index in [0.29, 0.717) is 23.6 Å². The third kappa shape index (κ3) is 5.92. The number of sulfone groups is 1. The van der Waals surface area contributed by atoms with Crippen LogP contribution in [-0.4, -0.2) is 28.8 Å². The molecule has 0 saturated heterocycles. The van der Waals surface area contributed by atoms with Crippen LogP contribution in [0.5, 0.6) is 0 Å². The lowest BCUT2D eigenvalue weighted by Crippen LogP contribution is -2.31. The summed E-state index contributed by atoms with van der Waals surface area (Å²) in [4.78, 5) is 19.1. The molecule has 0 unspecified atom stereocenters. The van der Waals surface area contributed by atoms with E-state index in [0.717, 1.165) is 5.56 Å². The van der Waals surface area contributed by atoms with E-state index in [2.05, 4.69) is 4.98 Å². The number of hydrogen-bond donors (Lipinski definition) is 0. The first-order valence-corrected chi connectivity index (χ1v) is 13.1. The van der Waals surface area contributed by atoms with Crippen molar-refractivity contribution in [2.75, 3.05) is 0 Å². The average Bonchev–Trinajstić information content (AvgIpc) is 3.55. The van der Waals surface area contributed by atoms with Crippen molar-refractivity contribution in [3.63, 3.8) is 0 Å². The number of rotatable bonds is 10. The van der Waals surface area contributed by atoms with Gasteiger partial charge in [-0.15, -0.1) is 0 Å². The minimum absolute atomic E-state index is 0.00565. The number of aryl methyl sites for hydroxylation is 1. The standard InChI is InChI=1S/C26H29N3O5S/c1-19(2)15-29-22(14-27-26(29)35(31,32)18-21-8-4-7-20(3)13-21)16-28(17-23-9-5-11-33-23)25(30)24-10-6-12-34-24/h4-14,19H,15-18H2,1-3H3. The molecule has 184 valence electrons. The second kappa shape index (κ2) is 10.4. The molecule has 0 saturated carbocycles. The molecule has 35 heavy (non-hydrogen) atoms. The summed E-state index contributed by atoms with van der Waals surface area (Å²) < 4.78 is 39.3. The van der Waals surface area contributed by atoms with Crippen LogP contribution in [0.25, 0.3) is 0 Å². The molecule has 9 heteroatoms. The molecule has 0 fully saturated rings. The molecular weight excluding hydrogens is 466 g/mol. The van der Waals surface area contributed by atoms with Crippen molar-refractivity contribution in [2.45, 2.75) is 51.3 Å². The number of carbonyl (C=O) groups is 1. The Bertz CT molecular complexity index is 1370. The second-order valence-corrected chi connectivity index (χ2v) is 10.9. The fraction of sp³-hybridized carbons (Fsp3) is 0.308. The average molecular weight is 496 g/mol. The van der Waals surface area contributed by atoms with Crippen LogP contribution in [-0.2, 0) is 35.2 Å². The van der Waals surface area contributed by atoms with Crippen molar-refractivity contribution < 1.29 is 22.0 Å². The summed E-state index contributed by atoms with van der Waals surface area (Å²) in [5.74, 6) is 0.485. The summed E-state index contributed by atoms with van der Waals surface area (Å²) in [6.45, 7) is 6.73. The molecule has 3 aromatic heterocycles. The molecule has 1 aromatic carbocycles. The predicted octanol–water partition coefficient (Wildman–Crippen LogP) is 4.85. The number of benzene rings is 1. The van der Waals surface area contributed by atoms with Crippen LogP contribution in [0.4, 0.5) is 0 Å². The fourth-order valence-corrected chi connectivity index (χ4v) is 5.44. The van der Waals surface area contributed by atoms with Crippen molar-refractivity contribution >= 4 is 15.7 Å². The normalized spacial score (nSPS) is 11.8. The summed E-state index contributed by atoms with van der Waals surface area (Å²) >= 11 is 0. The Morgan fingerprint density at radius 3 is 2.49 bits per heavy atom. The van der Waals surface area contributed by atoms with E-state index in [1.54, 1.807) is 46.1 Å². The Morgan fingerprint density at radius 1 is 1.06 bits per heavy atom. The Kier molecular flexibility index (Phi) is 7.25. The molecule has 0 aliphatic rings. The zero-order valence-corrected chi connectivity index (χ0v) is 20.9. The predicted molar refractivity (Wildman–Crippen MR) is 130 cm³/mol. The quantitative estimate of drug-likeness (QED) is 0.312. The fourth-order valence-electron chi connectivity index (χ4n) is 3.95. The van der Waals surface area contributed by atoms with Gasteiger partial charge >= 0.3 is 0 Å². The maximum absolute atomic E-state index is 13.4. The molecule has 0 aliphatic heterocycles. The molecule has 0 atom stereocenters. The highest BCUT2D eigenvalue weighted by atomic mass is 32.2. The van der Waals surface area contributed by atoms with Gasteiger partial charge < -0.3 is 18.3 Å². The van der Waals surface area contributed by atoms with E-state index in [1.165, 1.54) is 12.5 Å². The van der Waals surface area contributed by atoms with Gasteiger partial charge in [-0.3, -0.25) is 4.79 Å². The van der Waals surface area contributed by atoms with E-state index in [4.69, 9.17) is 8.83 Å². The third-order valence-corrected chi connectivity index (χ3v) is 7.06. The molecule has 1 amide bonds. The summed E-state index contributed by atoms with van der Waals surface area (Å²) in [6, 6.07) is 14.2. The Morgan fingerprint density at radius 2 is 1.83 bits per heavy atom. The second-order valence-electron chi connectivity index (χ2n) is 9.00. The monoisotopic (exact) mass is 495 g/mol. The lowest BCUT2D eigenvalue weighted by atomic mass is 10.2. The number of amides is 1. The highest BCUT2D eigenvalue weighted by Gasteiger charge is 2.27. The molecule has 0 N–H and O–H groups in total. The highest BCUT2D eigenvalue weighted by Crippen LogP contribution is 2.22. The van der Waals surface area contributed by atoms with Gasteiger partial charge in [0.05, 0.1) is 43.3 Å². The summed E-state index contributed by atoms with van der Waals surface area (Å²) in [6.07, 6.45) is 4.53. The van der Waals surface area contributed by atoms with Crippen LogP contribution in [0, 0.1) is 12.8 Å². The first kappa shape index (κ1) is 24.5. The molecule has 0 spiro atoms. The van der Waals surface area contributed by atoms with Crippen molar-refractivity contribution in [3.8, 4) is 0 Å². The van der Waals surface area contributed by atoms with Crippen LogP contribution in [0.3, 0.4) is 0 Å². The van der Waals surface area contributed by atoms with Crippen molar-refractivity contribution in [1.29, 1.82) is 0 Å². The van der Waals surface area contributed by atoms with Crippen LogP contribution in [0.2, 0.25) is 0 Å². The van der Waals surface area contributed by atoms with Gasteiger partial charge in [-0.05, 0) is 42.7 Å². The lowest BCUT2D eigenvalue weighted by Gasteiger charge is -2.22. The number of nitrogens with zero attached hydrogens (tertiary/aromatic N) is 3. The SMILES string of the molecule is Cc1cccc(CS(=O)(=O)c2ncc(CN(Cc3ccco3)C(=O)c3ccco3)n2CC(C)C)c1. The zero-order valence-electron chi connectivity index (χ0n) is 20.0. The molecule has 3 heterocycles. The molecule has 0 bridgehead atoms. The molecule has 0 aliphatic carbocycles. The van der Waals surface area contributed by atoms with E-state index in [1.807, 2.05) is 39.0 Å². The lowest BCUT2D eigenvalue weighted by molar-refractivity contribution is 0.0680. The molecule has 4 aromatic rings. The van der Waals surface area contributed by atoms with Gasteiger partial charge in [-0.25, -0.2) is 13.4 Å². The minimum Gasteiger partial charge on any atom is -0.467 e. The highest BCUT2D eigenvalue weighted by molar-refractivity contribution is 7.90. The van der Waals surface area contributed by atoms with Crippen LogP contribution < -0.4 is 0 Å². The Hall–Kier alpha value is -3.59. The third-order valence-electron chi connectivity index (χ3n) is 5.47. The number of carbonyl (C=O) groups excluding carboxylic acids is 1. The number of furan rings is 2. The first-order valence-electron chi connectivity index (χ1n) is 11.4. The van der Waals surface area contributed by atoms with Gasteiger partial charge in [0.1, 0.15) is 5.76 Å². The number of hydrogen-bond acceptors (Lipinski definition) is 6. The van der Waals surface area contributed by atoms with Crippen molar-refractivity contribution in [2.24, 2.45) is 5.92 Å². The molecular formula is C26H29N3O5S. The molecule has 0 radical (unpaired) electrons. The Labute approximate surface area is 205 Å². The van der Waals surface area contributed by atoms with Gasteiger partial charge in [0.25, 0.3) is 5.91 Å². The van der Waals surface area contributed by atoms with Crippen molar-refractivity contribution in [1.82, 2.24) is 14.5 Å². The van der Waals surface area contributed by atoms with E-state index in [-0.39, 0.29) is 41.6 Å². The van der Waals surface area contributed by atoms with Gasteiger partial charge in [-0.1, -0.05) is 43.7 Å². The van der Waals surface area contributed by atoms with Gasteiger partial charge in [0.2, 0.25) is 15.0 Å². The number of aromatic nitrogens is 2. The topological polar surface area (TPSA) is 98.6 Å². The summed E-state index contributed by atoms with van der Waals surface area (Å²) in [7, 11) is -3.72. The van der Waals surface area contributed by atoms with Crippen molar-refractivity contribution in [3.05, 3.63) is 95.6 Å². The van der Waals surface area contributed by atoms with E-state index >= 15 is 0 Å². The van der Waals surface area contributed by atoms with Gasteiger partial charge in [-0.2, -0.15) is 0 Å². The Balaban J connectivity index is 1.68. The smallest absolute Gasteiger partial charge is 0.290 e.